The standard InChI is InChI=1S/C16H24N2O3/c1-4-21-15-10-6-9-14(16(15)18(19)20)17-13-8-5-7-11(2)12(13)3/h6,9-13,17H,4-5,7-8H2,1-3H3. The fourth-order valence-corrected chi connectivity index (χ4v) is 3.08. The summed E-state index contributed by atoms with van der Waals surface area (Å²) in [5.41, 5.74) is 0.613. The van der Waals surface area contributed by atoms with Gasteiger partial charge in [0.15, 0.2) is 5.75 Å². The summed E-state index contributed by atoms with van der Waals surface area (Å²) >= 11 is 0. The molecule has 0 spiro atoms. The minimum atomic E-state index is -0.357. The zero-order valence-corrected chi connectivity index (χ0v) is 13.0. The average molecular weight is 292 g/mol. The third-order valence-corrected chi connectivity index (χ3v) is 4.53. The molecule has 0 aliphatic heterocycles. The van der Waals surface area contributed by atoms with E-state index in [9.17, 15) is 10.1 Å². The number of nitro benzene ring substituents is 1. The molecule has 1 fully saturated rings. The van der Waals surface area contributed by atoms with Crippen LogP contribution >= 0.6 is 0 Å². The molecular weight excluding hydrogens is 268 g/mol. The van der Waals surface area contributed by atoms with Gasteiger partial charge in [0, 0.05) is 6.04 Å². The first-order valence-electron chi connectivity index (χ1n) is 7.71. The quantitative estimate of drug-likeness (QED) is 0.651. The van der Waals surface area contributed by atoms with Crippen LogP contribution in [0.2, 0.25) is 0 Å². The van der Waals surface area contributed by atoms with Gasteiger partial charge in [0.25, 0.3) is 0 Å². The van der Waals surface area contributed by atoms with Crippen molar-refractivity contribution in [3.63, 3.8) is 0 Å². The van der Waals surface area contributed by atoms with Crippen molar-refractivity contribution in [1.82, 2.24) is 0 Å². The lowest BCUT2D eigenvalue weighted by Crippen LogP contribution is -2.35. The Balaban J connectivity index is 2.26. The second kappa shape index (κ2) is 6.78. The third kappa shape index (κ3) is 3.46. The molecule has 3 atom stereocenters. The van der Waals surface area contributed by atoms with Crippen LogP contribution in [0.4, 0.5) is 11.4 Å². The number of nitrogens with zero attached hydrogens (tertiary/aromatic N) is 1. The summed E-state index contributed by atoms with van der Waals surface area (Å²) in [6, 6.07) is 5.51. The molecule has 116 valence electrons. The number of hydrogen-bond donors (Lipinski definition) is 1. The summed E-state index contributed by atoms with van der Waals surface area (Å²) in [5, 5.41) is 14.8. The van der Waals surface area contributed by atoms with Gasteiger partial charge in [0.2, 0.25) is 0 Å². The van der Waals surface area contributed by atoms with Crippen LogP contribution in [0.5, 0.6) is 5.75 Å². The highest BCUT2D eigenvalue weighted by Crippen LogP contribution is 2.38. The third-order valence-electron chi connectivity index (χ3n) is 4.53. The number of nitro groups is 1. The molecule has 1 aliphatic carbocycles. The van der Waals surface area contributed by atoms with Crippen molar-refractivity contribution in [3.05, 3.63) is 28.3 Å². The number of anilines is 1. The van der Waals surface area contributed by atoms with Crippen LogP contribution < -0.4 is 10.1 Å². The van der Waals surface area contributed by atoms with E-state index in [1.807, 2.05) is 6.92 Å². The van der Waals surface area contributed by atoms with Crippen molar-refractivity contribution >= 4 is 11.4 Å². The van der Waals surface area contributed by atoms with Crippen molar-refractivity contribution in [3.8, 4) is 5.75 Å². The largest absolute Gasteiger partial charge is 0.487 e. The highest BCUT2D eigenvalue weighted by molar-refractivity contribution is 5.68. The maximum absolute atomic E-state index is 11.4. The second-order valence-corrected chi connectivity index (χ2v) is 5.86. The summed E-state index contributed by atoms with van der Waals surface area (Å²) in [5.74, 6) is 1.49. The van der Waals surface area contributed by atoms with E-state index >= 15 is 0 Å². The molecule has 1 aromatic carbocycles. The Morgan fingerprint density at radius 3 is 2.81 bits per heavy atom. The van der Waals surface area contributed by atoms with Gasteiger partial charge in [-0.1, -0.05) is 32.8 Å². The van der Waals surface area contributed by atoms with Crippen LogP contribution in [0.25, 0.3) is 0 Å². The lowest BCUT2D eigenvalue weighted by Gasteiger charge is -2.35. The Hall–Kier alpha value is -1.78. The summed E-state index contributed by atoms with van der Waals surface area (Å²) < 4.78 is 5.39. The first-order chi connectivity index (χ1) is 10.0. The molecule has 0 radical (unpaired) electrons. The molecule has 5 heteroatoms. The van der Waals surface area contributed by atoms with Crippen LogP contribution in [0.1, 0.15) is 40.0 Å². The lowest BCUT2D eigenvalue weighted by atomic mass is 9.78. The first kappa shape index (κ1) is 15.6. The molecule has 3 unspecified atom stereocenters. The summed E-state index contributed by atoms with van der Waals surface area (Å²) in [4.78, 5) is 11.0. The van der Waals surface area contributed by atoms with Gasteiger partial charge in [0.1, 0.15) is 5.69 Å². The van der Waals surface area contributed by atoms with E-state index in [-0.39, 0.29) is 16.7 Å². The van der Waals surface area contributed by atoms with Crippen LogP contribution in [0.3, 0.4) is 0 Å². The number of hydrogen-bond acceptors (Lipinski definition) is 4. The predicted molar refractivity (Wildman–Crippen MR) is 83.9 cm³/mol. The number of rotatable bonds is 5. The molecule has 1 saturated carbocycles. The maximum atomic E-state index is 11.4. The molecule has 1 N–H and O–H groups in total. The van der Waals surface area contributed by atoms with Gasteiger partial charge in [-0.2, -0.15) is 0 Å². The minimum Gasteiger partial charge on any atom is -0.487 e. The SMILES string of the molecule is CCOc1cccc(NC2CCCC(C)C2C)c1[N+](=O)[O-]. The van der Waals surface area contributed by atoms with Crippen molar-refractivity contribution < 1.29 is 9.66 Å². The molecule has 0 bridgehead atoms. The first-order valence-corrected chi connectivity index (χ1v) is 7.71. The number of benzene rings is 1. The Morgan fingerprint density at radius 2 is 2.14 bits per heavy atom. The van der Waals surface area contributed by atoms with E-state index < -0.39 is 0 Å². The summed E-state index contributed by atoms with van der Waals surface area (Å²) in [6.07, 6.45) is 3.46. The summed E-state index contributed by atoms with van der Waals surface area (Å²) in [7, 11) is 0. The zero-order chi connectivity index (χ0) is 15.4. The molecule has 2 rings (SSSR count). The van der Waals surface area contributed by atoms with Crippen molar-refractivity contribution in [2.45, 2.75) is 46.1 Å². The topological polar surface area (TPSA) is 64.4 Å². The maximum Gasteiger partial charge on any atom is 0.333 e. The van der Waals surface area contributed by atoms with Gasteiger partial charge in [0.05, 0.1) is 11.5 Å². The van der Waals surface area contributed by atoms with Crippen molar-refractivity contribution in [2.75, 3.05) is 11.9 Å². The van der Waals surface area contributed by atoms with Crippen LogP contribution in [-0.4, -0.2) is 17.6 Å². The monoisotopic (exact) mass is 292 g/mol. The molecule has 1 aliphatic rings. The number of ether oxygens (including phenoxy) is 1. The van der Waals surface area contributed by atoms with E-state index in [4.69, 9.17) is 4.74 Å². The molecule has 1 aromatic rings. The van der Waals surface area contributed by atoms with Gasteiger partial charge in [-0.25, -0.2) is 0 Å². The molecule has 0 saturated heterocycles. The smallest absolute Gasteiger partial charge is 0.333 e. The van der Waals surface area contributed by atoms with Crippen LogP contribution in [0, 0.1) is 22.0 Å². The highest BCUT2D eigenvalue weighted by atomic mass is 16.6. The molecule has 21 heavy (non-hydrogen) atoms. The fraction of sp³-hybridized carbons (Fsp3) is 0.625. The Morgan fingerprint density at radius 1 is 1.38 bits per heavy atom. The summed E-state index contributed by atoms with van der Waals surface area (Å²) in [6.45, 7) is 6.72. The van der Waals surface area contributed by atoms with Crippen molar-refractivity contribution in [1.29, 1.82) is 0 Å². The Bertz CT molecular complexity index is 504. The molecule has 0 amide bonds. The van der Waals surface area contributed by atoms with E-state index in [0.717, 1.165) is 6.42 Å². The number of nitrogens with one attached hydrogen (secondary N) is 1. The van der Waals surface area contributed by atoms with Crippen LogP contribution in [0.15, 0.2) is 18.2 Å². The van der Waals surface area contributed by atoms with E-state index in [1.54, 1.807) is 18.2 Å². The van der Waals surface area contributed by atoms with Gasteiger partial charge in [-0.3, -0.25) is 10.1 Å². The van der Waals surface area contributed by atoms with Gasteiger partial charge in [-0.05, 0) is 37.3 Å². The van der Waals surface area contributed by atoms with Crippen LogP contribution in [-0.2, 0) is 0 Å². The van der Waals surface area contributed by atoms with Gasteiger partial charge in [-0.15, -0.1) is 0 Å². The van der Waals surface area contributed by atoms with Crippen molar-refractivity contribution in [2.24, 2.45) is 11.8 Å². The lowest BCUT2D eigenvalue weighted by molar-refractivity contribution is -0.385. The highest BCUT2D eigenvalue weighted by Gasteiger charge is 2.29. The average Bonchev–Trinajstić information content (AvgIpc) is 2.44. The molecule has 0 aromatic heterocycles. The van der Waals surface area contributed by atoms with E-state index in [0.29, 0.717) is 29.9 Å². The Kier molecular flexibility index (Phi) is 5.04. The second-order valence-electron chi connectivity index (χ2n) is 5.86. The Labute approximate surface area is 125 Å². The molecule has 0 heterocycles. The predicted octanol–water partition coefficient (Wildman–Crippen LogP) is 4.23. The minimum absolute atomic E-state index is 0.0461. The van der Waals surface area contributed by atoms with E-state index in [2.05, 4.69) is 19.2 Å². The molecule has 5 nitrogen and oxygen atoms in total. The zero-order valence-electron chi connectivity index (χ0n) is 13.0. The van der Waals surface area contributed by atoms with Gasteiger partial charge < -0.3 is 10.1 Å². The normalized spacial score (nSPS) is 25.4. The fourth-order valence-electron chi connectivity index (χ4n) is 3.08. The number of para-hydroxylation sites is 1. The molecular formula is C16H24N2O3. The van der Waals surface area contributed by atoms with Gasteiger partial charge >= 0.3 is 5.69 Å². The van der Waals surface area contributed by atoms with E-state index in [1.165, 1.54) is 12.8 Å².